The SMILES string of the molecule is CC(C)(C)C1C(=O)NC(C2CCCCC2)C(=O)N1CCF. The van der Waals surface area contributed by atoms with E-state index in [9.17, 15) is 14.0 Å². The van der Waals surface area contributed by atoms with Gasteiger partial charge in [0.15, 0.2) is 0 Å². The molecule has 120 valence electrons. The summed E-state index contributed by atoms with van der Waals surface area (Å²) in [4.78, 5) is 26.7. The Hall–Kier alpha value is -1.13. The van der Waals surface area contributed by atoms with Crippen molar-refractivity contribution in [3.63, 3.8) is 0 Å². The molecule has 1 N–H and O–H groups in total. The van der Waals surface area contributed by atoms with E-state index in [4.69, 9.17) is 0 Å². The molecule has 0 aromatic heterocycles. The minimum atomic E-state index is -0.608. The number of alkyl halides is 1. The molecule has 0 radical (unpaired) electrons. The summed E-state index contributed by atoms with van der Waals surface area (Å²) in [6.07, 6.45) is 5.36. The maximum absolute atomic E-state index is 12.9. The van der Waals surface area contributed by atoms with E-state index in [1.807, 2.05) is 20.8 Å². The Kier molecular flexibility index (Phi) is 4.89. The monoisotopic (exact) mass is 298 g/mol. The number of hydrogen-bond acceptors (Lipinski definition) is 2. The van der Waals surface area contributed by atoms with Gasteiger partial charge >= 0.3 is 0 Å². The van der Waals surface area contributed by atoms with Crippen LogP contribution in [0.3, 0.4) is 0 Å². The molecule has 2 atom stereocenters. The lowest BCUT2D eigenvalue weighted by Crippen LogP contribution is -2.68. The van der Waals surface area contributed by atoms with Gasteiger partial charge in [-0.1, -0.05) is 40.0 Å². The second-order valence-electron chi connectivity index (χ2n) is 7.37. The quantitative estimate of drug-likeness (QED) is 0.869. The van der Waals surface area contributed by atoms with Crippen LogP contribution in [0.25, 0.3) is 0 Å². The van der Waals surface area contributed by atoms with Gasteiger partial charge in [0.25, 0.3) is 0 Å². The van der Waals surface area contributed by atoms with Crippen molar-refractivity contribution >= 4 is 11.8 Å². The van der Waals surface area contributed by atoms with Crippen LogP contribution in [0.2, 0.25) is 0 Å². The molecule has 21 heavy (non-hydrogen) atoms. The maximum atomic E-state index is 12.9. The van der Waals surface area contributed by atoms with Crippen molar-refractivity contribution in [1.29, 1.82) is 0 Å². The first-order valence-electron chi connectivity index (χ1n) is 8.03. The Morgan fingerprint density at radius 3 is 2.33 bits per heavy atom. The van der Waals surface area contributed by atoms with E-state index in [2.05, 4.69) is 5.32 Å². The first-order valence-corrected chi connectivity index (χ1v) is 8.03. The molecule has 0 spiro atoms. The zero-order valence-corrected chi connectivity index (χ0v) is 13.3. The van der Waals surface area contributed by atoms with Crippen molar-refractivity contribution < 1.29 is 14.0 Å². The predicted molar refractivity (Wildman–Crippen MR) is 79.4 cm³/mol. The average Bonchev–Trinajstić information content (AvgIpc) is 2.42. The summed E-state index contributed by atoms with van der Waals surface area (Å²) in [6.45, 7) is 5.14. The molecule has 2 aliphatic rings. The van der Waals surface area contributed by atoms with Crippen LogP contribution in [0, 0.1) is 11.3 Å². The van der Waals surface area contributed by atoms with Crippen molar-refractivity contribution in [3.8, 4) is 0 Å². The lowest BCUT2D eigenvalue weighted by molar-refractivity contribution is -0.156. The second kappa shape index (κ2) is 6.32. The highest BCUT2D eigenvalue weighted by Gasteiger charge is 2.47. The predicted octanol–water partition coefficient (Wildman–Crippen LogP) is 2.28. The third kappa shape index (κ3) is 3.38. The van der Waals surface area contributed by atoms with Gasteiger partial charge in [-0.05, 0) is 24.2 Å². The van der Waals surface area contributed by atoms with Crippen LogP contribution < -0.4 is 5.32 Å². The van der Waals surface area contributed by atoms with Crippen LogP contribution in [0.1, 0.15) is 52.9 Å². The molecule has 0 aromatic carbocycles. The Labute approximate surface area is 126 Å². The van der Waals surface area contributed by atoms with Gasteiger partial charge in [-0.3, -0.25) is 9.59 Å². The van der Waals surface area contributed by atoms with E-state index in [0.29, 0.717) is 0 Å². The summed E-state index contributed by atoms with van der Waals surface area (Å²) < 4.78 is 12.9. The molecule has 4 nitrogen and oxygen atoms in total. The summed E-state index contributed by atoms with van der Waals surface area (Å²) >= 11 is 0. The van der Waals surface area contributed by atoms with Crippen LogP contribution in [0.15, 0.2) is 0 Å². The number of hydrogen-bond donors (Lipinski definition) is 1. The number of amides is 2. The van der Waals surface area contributed by atoms with Gasteiger partial charge in [0.1, 0.15) is 18.8 Å². The summed E-state index contributed by atoms with van der Waals surface area (Å²) in [5.41, 5.74) is -0.396. The standard InChI is InChI=1S/C16H27FN2O2/c1-16(2,3)13-14(20)18-12(11-7-5-4-6-8-11)15(21)19(13)10-9-17/h11-13H,4-10H2,1-3H3,(H,18,20). The molecule has 1 saturated heterocycles. The minimum Gasteiger partial charge on any atom is -0.342 e. The lowest BCUT2D eigenvalue weighted by Gasteiger charge is -2.46. The van der Waals surface area contributed by atoms with Crippen LogP contribution in [-0.4, -0.2) is 42.0 Å². The van der Waals surface area contributed by atoms with Crippen LogP contribution >= 0.6 is 0 Å². The van der Waals surface area contributed by atoms with Gasteiger partial charge in [-0.15, -0.1) is 0 Å². The van der Waals surface area contributed by atoms with Gasteiger partial charge in [-0.2, -0.15) is 0 Å². The number of nitrogens with one attached hydrogen (secondary N) is 1. The zero-order valence-electron chi connectivity index (χ0n) is 13.3. The summed E-state index contributed by atoms with van der Waals surface area (Å²) in [7, 11) is 0. The number of carbonyl (C=O) groups excluding carboxylic acids is 2. The molecule has 1 aliphatic carbocycles. The Morgan fingerprint density at radius 1 is 1.19 bits per heavy atom. The van der Waals surface area contributed by atoms with E-state index in [0.717, 1.165) is 25.7 Å². The van der Waals surface area contributed by atoms with Crippen LogP contribution in [0.4, 0.5) is 4.39 Å². The maximum Gasteiger partial charge on any atom is 0.246 e. The first kappa shape index (κ1) is 16.2. The largest absolute Gasteiger partial charge is 0.342 e. The highest BCUT2D eigenvalue weighted by Crippen LogP contribution is 2.33. The third-order valence-corrected chi connectivity index (χ3v) is 4.67. The van der Waals surface area contributed by atoms with E-state index in [1.165, 1.54) is 11.3 Å². The Bertz CT molecular complexity index is 400. The molecule has 2 rings (SSSR count). The fourth-order valence-electron chi connectivity index (χ4n) is 3.72. The fourth-order valence-corrected chi connectivity index (χ4v) is 3.72. The van der Waals surface area contributed by atoms with E-state index in [-0.39, 0.29) is 24.3 Å². The zero-order chi connectivity index (χ0) is 15.6. The molecule has 2 amide bonds. The second-order valence-corrected chi connectivity index (χ2v) is 7.37. The molecule has 1 saturated carbocycles. The third-order valence-electron chi connectivity index (χ3n) is 4.67. The lowest BCUT2D eigenvalue weighted by atomic mass is 9.78. The van der Waals surface area contributed by atoms with Crippen molar-refractivity contribution in [2.45, 2.75) is 65.0 Å². The normalized spacial score (nSPS) is 28.7. The summed E-state index contributed by atoms with van der Waals surface area (Å²) in [6, 6.07) is -1.04. The van der Waals surface area contributed by atoms with Crippen molar-refractivity contribution in [3.05, 3.63) is 0 Å². The van der Waals surface area contributed by atoms with E-state index >= 15 is 0 Å². The highest BCUT2D eigenvalue weighted by molar-refractivity contribution is 5.97. The summed E-state index contributed by atoms with van der Waals surface area (Å²) in [5, 5.41) is 2.93. The number of nitrogens with zero attached hydrogens (tertiary/aromatic N) is 1. The molecular weight excluding hydrogens is 271 g/mol. The molecule has 2 unspecified atom stereocenters. The topological polar surface area (TPSA) is 49.4 Å². The van der Waals surface area contributed by atoms with Crippen LogP contribution in [0.5, 0.6) is 0 Å². The number of piperazine rings is 1. The Balaban J connectivity index is 2.22. The number of carbonyl (C=O) groups is 2. The average molecular weight is 298 g/mol. The highest BCUT2D eigenvalue weighted by atomic mass is 19.1. The number of halogens is 1. The van der Waals surface area contributed by atoms with Gasteiger partial charge < -0.3 is 10.2 Å². The fraction of sp³-hybridized carbons (Fsp3) is 0.875. The van der Waals surface area contributed by atoms with Crippen molar-refractivity contribution in [2.75, 3.05) is 13.2 Å². The molecule has 0 bridgehead atoms. The van der Waals surface area contributed by atoms with Gasteiger partial charge in [0, 0.05) is 6.54 Å². The molecule has 0 aromatic rings. The summed E-state index contributed by atoms with van der Waals surface area (Å²) in [5.74, 6) is -0.0246. The molecule has 1 aliphatic heterocycles. The van der Waals surface area contributed by atoms with Crippen LogP contribution in [-0.2, 0) is 9.59 Å². The molecule has 2 fully saturated rings. The van der Waals surface area contributed by atoms with Gasteiger partial charge in [0.2, 0.25) is 11.8 Å². The first-order chi connectivity index (χ1) is 9.86. The molecule has 1 heterocycles. The Morgan fingerprint density at radius 2 is 1.81 bits per heavy atom. The molecular formula is C16H27FN2O2. The van der Waals surface area contributed by atoms with Gasteiger partial charge in [0.05, 0.1) is 0 Å². The van der Waals surface area contributed by atoms with Crippen molar-refractivity contribution in [2.24, 2.45) is 11.3 Å². The minimum absolute atomic E-state index is 0.0113. The van der Waals surface area contributed by atoms with E-state index in [1.54, 1.807) is 0 Å². The van der Waals surface area contributed by atoms with Gasteiger partial charge in [-0.25, -0.2) is 4.39 Å². The molecule has 5 heteroatoms. The smallest absolute Gasteiger partial charge is 0.246 e. The van der Waals surface area contributed by atoms with E-state index < -0.39 is 24.2 Å². The van der Waals surface area contributed by atoms with Crippen molar-refractivity contribution in [1.82, 2.24) is 10.2 Å². The number of rotatable bonds is 3.